The Morgan fingerprint density at radius 1 is 1.06 bits per heavy atom. The summed E-state index contributed by atoms with van der Waals surface area (Å²) >= 11 is 0. The molecule has 252 valence electrons. The van der Waals surface area contributed by atoms with Crippen molar-refractivity contribution < 1.29 is 23.8 Å². The van der Waals surface area contributed by atoms with Gasteiger partial charge in [0.1, 0.15) is 11.4 Å². The van der Waals surface area contributed by atoms with Crippen molar-refractivity contribution in [1.82, 2.24) is 30.0 Å². The Kier molecular flexibility index (Phi) is 8.19. The van der Waals surface area contributed by atoms with Crippen LogP contribution >= 0.6 is 0 Å². The molecule has 4 aliphatic heterocycles. The number of fused-ring (bicyclic) bond motifs is 2. The minimum atomic E-state index is -0.571. The molecule has 0 saturated carbocycles. The standard InChI is InChI=1S/C33H45N9O5/c1-21-27(37-31(44)47-32(3,4)5)33(20-46-21)11-14-39(15-12-33)24-19-35-26-29(36-24)42(25-10-6-7-18-45-25)38-30(26)41-17-16-40(22(2)43)23-9-8-13-34-28(23)41/h8-9,13,19,21,25,27H,6-7,10-12,14-18,20H2,1-5H3,(H,37,44)/t21-,25?,27+/m0/s1. The number of nitrogens with zero attached hydrogens (tertiary/aromatic N) is 8. The Bertz CT molecular complexity index is 1640. The van der Waals surface area contributed by atoms with E-state index in [9.17, 15) is 9.59 Å². The second kappa shape index (κ2) is 12.2. The Morgan fingerprint density at radius 2 is 1.87 bits per heavy atom. The number of rotatable bonds is 4. The van der Waals surface area contributed by atoms with Gasteiger partial charge in [0.25, 0.3) is 0 Å². The first-order chi connectivity index (χ1) is 22.5. The van der Waals surface area contributed by atoms with Crippen LogP contribution in [0.25, 0.3) is 11.2 Å². The van der Waals surface area contributed by atoms with Crippen molar-refractivity contribution >= 4 is 46.3 Å². The highest BCUT2D eigenvalue weighted by Gasteiger charge is 2.50. The van der Waals surface area contributed by atoms with Gasteiger partial charge in [0, 0.05) is 51.3 Å². The highest BCUT2D eigenvalue weighted by atomic mass is 16.6. The van der Waals surface area contributed by atoms with Crippen molar-refractivity contribution in [3.8, 4) is 0 Å². The van der Waals surface area contributed by atoms with Crippen LogP contribution in [-0.2, 0) is 19.0 Å². The normalized spacial score (nSPS) is 24.4. The van der Waals surface area contributed by atoms with Gasteiger partial charge < -0.3 is 34.2 Å². The number of ether oxygens (including phenoxy) is 3. The van der Waals surface area contributed by atoms with Crippen LogP contribution < -0.4 is 20.0 Å². The lowest BCUT2D eigenvalue weighted by Gasteiger charge is -2.42. The summed E-state index contributed by atoms with van der Waals surface area (Å²) in [6, 6.07) is 3.62. The largest absolute Gasteiger partial charge is 0.444 e. The van der Waals surface area contributed by atoms with Crippen LogP contribution in [0.1, 0.15) is 73.0 Å². The molecule has 2 amide bonds. The van der Waals surface area contributed by atoms with E-state index in [-0.39, 0.29) is 29.7 Å². The number of carbonyl (C=O) groups excluding carboxylic acids is 2. The van der Waals surface area contributed by atoms with Crippen LogP contribution in [0.15, 0.2) is 24.5 Å². The molecule has 0 bridgehead atoms. The van der Waals surface area contributed by atoms with Gasteiger partial charge in [-0.1, -0.05) is 0 Å². The molecule has 3 aromatic heterocycles. The zero-order chi connectivity index (χ0) is 32.9. The lowest BCUT2D eigenvalue weighted by atomic mass is 9.73. The topological polar surface area (TPSA) is 140 Å². The molecular weight excluding hydrogens is 602 g/mol. The van der Waals surface area contributed by atoms with Crippen LogP contribution in [-0.4, -0.2) is 93.9 Å². The van der Waals surface area contributed by atoms with E-state index >= 15 is 0 Å². The van der Waals surface area contributed by atoms with Gasteiger partial charge in [0.05, 0.1) is 30.6 Å². The summed E-state index contributed by atoms with van der Waals surface area (Å²) in [4.78, 5) is 46.0. The lowest BCUT2D eigenvalue weighted by molar-refractivity contribution is -0.116. The third kappa shape index (κ3) is 5.97. The maximum absolute atomic E-state index is 12.7. The number of pyridine rings is 1. The molecule has 0 radical (unpaired) electrons. The second-order valence-corrected chi connectivity index (χ2v) is 14.1. The third-order valence-corrected chi connectivity index (χ3v) is 9.81. The molecule has 3 saturated heterocycles. The molecule has 0 aromatic carbocycles. The number of piperidine rings is 1. The summed E-state index contributed by atoms with van der Waals surface area (Å²) in [6.45, 7) is 13.0. The minimum absolute atomic E-state index is 0.0248. The maximum atomic E-state index is 12.7. The van der Waals surface area contributed by atoms with Crippen molar-refractivity contribution in [2.24, 2.45) is 5.41 Å². The lowest BCUT2D eigenvalue weighted by Crippen LogP contribution is -2.55. The van der Waals surface area contributed by atoms with Gasteiger partial charge in [0.15, 0.2) is 29.0 Å². The SMILES string of the molecule is CC(=O)N1CCN(c2nn(C3CCCCO3)c3nc(N4CCC5(CC4)CO[C@@H](C)[C@H]5NC(=O)OC(C)(C)C)cnc23)c2ncccc21. The monoisotopic (exact) mass is 647 g/mol. The number of anilines is 4. The second-order valence-electron chi connectivity index (χ2n) is 14.1. The van der Waals surface area contributed by atoms with Gasteiger partial charge in [-0.3, -0.25) is 4.79 Å². The summed E-state index contributed by atoms with van der Waals surface area (Å²) in [5, 5.41) is 8.21. The first-order valence-corrected chi connectivity index (χ1v) is 16.8. The Hall–Kier alpha value is -4.04. The Morgan fingerprint density at radius 3 is 2.60 bits per heavy atom. The van der Waals surface area contributed by atoms with Crippen molar-refractivity contribution in [2.75, 3.05) is 54.1 Å². The first kappa shape index (κ1) is 31.6. The van der Waals surface area contributed by atoms with E-state index in [2.05, 4.69) is 15.2 Å². The number of hydrogen-bond acceptors (Lipinski definition) is 11. The van der Waals surface area contributed by atoms with Gasteiger partial charge in [0.2, 0.25) is 5.91 Å². The molecule has 7 rings (SSSR count). The number of nitrogens with one attached hydrogen (secondary N) is 1. The van der Waals surface area contributed by atoms with E-state index in [0.717, 1.165) is 56.7 Å². The van der Waals surface area contributed by atoms with E-state index in [1.165, 1.54) is 0 Å². The van der Waals surface area contributed by atoms with Crippen LogP contribution in [0.5, 0.6) is 0 Å². The maximum Gasteiger partial charge on any atom is 0.407 e. The van der Waals surface area contributed by atoms with E-state index in [0.29, 0.717) is 49.1 Å². The quantitative estimate of drug-likeness (QED) is 0.433. The van der Waals surface area contributed by atoms with Crippen LogP contribution in [0, 0.1) is 5.41 Å². The number of hydrogen-bond donors (Lipinski definition) is 1. The van der Waals surface area contributed by atoms with Gasteiger partial charge in [-0.15, -0.1) is 5.10 Å². The fourth-order valence-electron chi connectivity index (χ4n) is 7.43. The Labute approximate surface area is 274 Å². The fraction of sp³-hybridized carbons (Fsp3) is 0.636. The fourth-order valence-corrected chi connectivity index (χ4v) is 7.43. The molecule has 3 atom stereocenters. The van der Waals surface area contributed by atoms with Crippen LogP contribution in [0.3, 0.4) is 0 Å². The van der Waals surface area contributed by atoms with E-state index in [1.807, 2.05) is 55.6 Å². The molecular formula is C33H45N9O5. The summed E-state index contributed by atoms with van der Waals surface area (Å²) in [6.07, 6.45) is 7.36. The smallest absolute Gasteiger partial charge is 0.407 e. The van der Waals surface area contributed by atoms with Gasteiger partial charge in [-0.25, -0.2) is 24.4 Å². The van der Waals surface area contributed by atoms with E-state index in [4.69, 9.17) is 29.3 Å². The summed E-state index contributed by atoms with van der Waals surface area (Å²) in [5.74, 6) is 2.07. The molecule has 1 unspecified atom stereocenters. The molecule has 4 aliphatic rings. The highest BCUT2D eigenvalue weighted by Crippen LogP contribution is 2.44. The zero-order valence-electron chi connectivity index (χ0n) is 27.9. The van der Waals surface area contributed by atoms with Crippen molar-refractivity contribution in [3.63, 3.8) is 0 Å². The molecule has 1 spiro atoms. The average Bonchev–Trinajstić information content (AvgIpc) is 3.57. The molecule has 3 fully saturated rings. The highest BCUT2D eigenvalue weighted by molar-refractivity contribution is 5.98. The van der Waals surface area contributed by atoms with Crippen molar-refractivity contribution in [3.05, 3.63) is 24.5 Å². The van der Waals surface area contributed by atoms with Crippen molar-refractivity contribution in [2.45, 2.75) is 90.7 Å². The summed E-state index contributed by atoms with van der Waals surface area (Å²) in [5.41, 5.74) is 1.33. The van der Waals surface area contributed by atoms with E-state index < -0.39 is 11.7 Å². The Balaban J connectivity index is 1.17. The summed E-state index contributed by atoms with van der Waals surface area (Å²) in [7, 11) is 0. The number of amides is 2. The van der Waals surface area contributed by atoms with Crippen LogP contribution in [0.2, 0.25) is 0 Å². The minimum Gasteiger partial charge on any atom is -0.444 e. The molecule has 14 nitrogen and oxygen atoms in total. The molecule has 0 aliphatic carbocycles. The van der Waals surface area contributed by atoms with Gasteiger partial charge in [-0.05, 0) is 71.9 Å². The predicted octanol–water partition coefficient (Wildman–Crippen LogP) is 4.32. The predicted molar refractivity (Wildman–Crippen MR) is 176 cm³/mol. The molecule has 47 heavy (non-hydrogen) atoms. The third-order valence-electron chi connectivity index (χ3n) is 9.81. The first-order valence-electron chi connectivity index (χ1n) is 16.8. The van der Waals surface area contributed by atoms with Crippen LogP contribution in [0.4, 0.5) is 27.9 Å². The van der Waals surface area contributed by atoms with E-state index in [1.54, 1.807) is 18.0 Å². The number of carbonyl (C=O) groups is 2. The van der Waals surface area contributed by atoms with Gasteiger partial charge in [-0.2, -0.15) is 0 Å². The number of aromatic nitrogens is 5. The zero-order valence-corrected chi connectivity index (χ0v) is 27.9. The average molecular weight is 648 g/mol. The molecule has 14 heteroatoms. The number of alkyl carbamates (subject to hydrolysis) is 1. The molecule has 3 aromatic rings. The van der Waals surface area contributed by atoms with Crippen molar-refractivity contribution in [1.29, 1.82) is 0 Å². The molecule has 7 heterocycles. The van der Waals surface area contributed by atoms with Gasteiger partial charge >= 0.3 is 6.09 Å². The molecule has 1 N–H and O–H groups in total. The summed E-state index contributed by atoms with van der Waals surface area (Å²) < 4.78 is 19.8.